The number of aryl methyl sites for hydroxylation is 1. The summed E-state index contributed by atoms with van der Waals surface area (Å²) >= 11 is 0. The van der Waals surface area contributed by atoms with Crippen LogP contribution in [0.1, 0.15) is 50.6 Å². The van der Waals surface area contributed by atoms with Crippen molar-refractivity contribution in [2.45, 2.75) is 47.2 Å². The Kier molecular flexibility index (Phi) is 11.4. The number of ether oxygens (including phenoxy) is 2. The Labute approximate surface area is 191 Å². The van der Waals surface area contributed by atoms with Crippen molar-refractivity contribution in [2.24, 2.45) is 4.99 Å². The third kappa shape index (κ3) is 7.72. The van der Waals surface area contributed by atoms with E-state index in [1.165, 1.54) is 0 Å². The summed E-state index contributed by atoms with van der Waals surface area (Å²) < 4.78 is 11.4. The molecule has 0 saturated carbocycles. The van der Waals surface area contributed by atoms with Gasteiger partial charge in [0.2, 0.25) is 0 Å². The van der Waals surface area contributed by atoms with Gasteiger partial charge in [-0.3, -0.25) is 4.98 Å². The molecule has 0 fully saturated rings. The lowest BCUT2D eigenvalue weighted by Gasteiger charge is -2.20. The highest BCUT2D eigenvalue weighted by Gasteiger charge is 2.12. The third-order valence-electron chi connectivity index (χ3n) is 4.27. The van der Waals surface area contributed by atoms with Crippen molar-refractivity contribution in [3.05, 3.63) is 53.3 Å². The van der Waals surface area contributed by atoms with E-state index in [9.17, 15) is 0 Å². The van der Waals surface area contributed by atoms with Crippen molar-refractivity contribution in [1.82, 2.24) is 15.6 Å². The van der Waals surface area contributed by atoms with Gasteiger partial charge in [0.15, 0.2) is 17.5 Å². The normalized spacial score (nSPS) is 12.0. The zero-order chi connectivity index (χ0) is 20.4. The number of hydrogen-bond acceptors (Lipinski definition) is 4. The van der Waals surface area contributed by atoms with E-state index < -0.39 is 0 Å². The van der Waals surface area contributed by atoms with E-state index in [-0.39, 0.29) is 30.0 Å². The second kappa shape index (κ2) is 13.2. The fraction of sp³-hybridized carbons (Fsp3) is 0.455. The molecule has 0 bridgehead atoms. The largest absolute Gasteiger partial charge is 0.490 e. The number of rotatable bonds is 9. The molecule has 0 aliphatic heterocycles. The van der Waals surface area contributed by atoms with E-state index >= 15 is 0 Å². The van der Waals surface area contributed by atoms with Crippen LogP contribution in [0.3, 0.4) is 0 Å². The molecule has 0 aliphatic carbocycles. The van der Waals surface area contributed by atoms with Gasteiger partial charge in [0.25, 0.3) is 0 Å². The van der Waals surface area contributed by atoms with Gasteiger partial charge in [0.05, 0.1) is 31.5 Å². The first-order valence-electron chi connectivity index (χ1n) is 9.93. The number of nitrogens with zero attached hydrogens (tertiary/aromatic N) is 2. The maximum Gasteiger partial charge on any atom is 0.192 e. The quantitative estimate of drug-likeness (QED) is 0.292. The van der Waals surface area contributed by atoms with E-state index in [1.54, 1.807) is 6.20 Å². The predicted molar refractivity (Wildman–Crippen MR) is 130 cm³/mol. The summed E-state index contributed by atoms with van der Waals surface area (Å²) in [5.74, 6) is 2.29. The number of hydrogen-bond donors (Lipinski definition) is 2. The van der Waals surface area contributed by atoms with Gasteiger partial charge in [-0.1, -0.05) is 12.1 Å². The summed E-state index contributed by atoms with van der Waals surface area (Å²) in [4.78, 5) is 9.11. The molecule has 0 amide bonds. The fourth-order valence-corrected chi connectivity index (χ4v) is 2.78. The molecule has 1 heterocycles. The zero-order valence-corrected chi connectivity index (χ0v) is 20.3. The van der Waals surface area contributed by atoms with Gasteiger partial charge in [0.1, 0.15) is 0 Å². The molecular formula is C22H33IN4O2. The smallest absolute Gasteiger partial charge is 0.192 e. The first kappa shape index (κ1) is 25.0. The Balaban J connectivity index is 0.00000420. The second-order valence-corrected chi connectivity index (χ2v) is 6.40. The topological polar surface area (TPSA) is 67.8 Å². The summed E-state index contributed by atoms with van der Waals surface area (Å²) in [6, 6.07) is 10.1. The van der Waals surface area contributed by atoms with Crippen LogP contribution in [0.5, 0.6) is 11.5 Å². The minimum Gasteiger partial charge on any atom is -0.490 e. The van der Waals surface area contributed by atoms with Crippen LogP contribution in [0.2, 0.25) is 0 Å². The molecule has 6 nitrogen and oxygen atoms in total. The molecule has 2 N–H and O–H groups in total. The van der Waals surface area contributed by atoms with Crippen molar-refractivity contribution in [3.63, 3.8) is 0 Å². The maximum atomic E-state index is 5.74. The van der Waals surface area contributed by atoms with Gasteiger partial charge >= 0.3 is 0 Å². The van der Waals surface area contributed by atoms with Gasteiger partial charge in [-0.05, 0) is 63.9 Å². The summed E-state index contributed by atoms with van der Waals surface area (Å²) in [5.41, 5.74) is 3.22. The van der Waals surface area contributed by atoms with Crippen LogP contribution in [0.4, 0.5) is 0 Å². The van der Waals surface area contributed by atoms with Crippen LogP contribution in [-0.4, -0.2) is 30.7 Å². The van der Waals surface area contributed by atoms with Crippen molar-refractivity contribution in [3.8, 4) is 11.5 Å². The lowest BCUT2D eigenvalue weighted by molar-refractivity contribution is 0.287. The monoisotopic (exact) mass is 512 g/mol. The van der Waals surface area contributed by atoms with E-state index in [0.29, 0.717) is 19.8 Å². The SMILES string of the molecule is CCNC(=NCc1ncccc1C)NC(C)c1ccc(OCC)c(OCC)c1.I. The fourth-order valence-electron chi connectivity index (χ4n) is 2.78. The van der Waals surface area contributed by atoms with Crippen LogP contribution in [-0.2, 0) is 6.54 Å². The van der Waals surface area contributed by atoms with E-state index in [0.717, 1.165) is 40.8 Å². The molecule has 1 atom stereocenters. The van der Waals surface area contributed by atoms with Gasteiger partial charge in [0, 0.05) is 12.7 Å². The Morgan fingerprint density at radius 3 is 2.48 bits per heavy atom. The number of nitrogens with one attached hydrogen (secondary N) is 2. The van der Waals surface area contributed by atoms with Gasteiger partial charge in [-0.2, -0.15) is 0 Å². The minimum atomic E-state index is 0. The van der Waals surface area contributed by atoms with Crippen LogP contribution in [0.15, 0.2) is 41.5 Å². The molecule has 1 aromatic carbocycles. The van der Waals surface area contributed by atoms with E-state index in [1.807, 2.05) is 32.0 Å². The first-order chi connectivity index (χ1) is 13.6. The molecule has 0 radical (unpaired) electrons. The Bertz CT molecular complexity index is 783. The average molecular weight is 512 g/mol. The highest BCUT2D eigenvalue weighted by Crippen LogP contribution is 2.30. The van der Waals surface area contributed by atoms with Crippen LogP contribution >= 0.6 is 24.0 Å². The highest BCUT2D eigenvalue weighted by atomic mass is 127. The molecule has 2 aromatic rings. The highest BCUT2D eigenvalue weighted by molar-refractivity contribution is 14.0. The molecule has 0 spiro atoms. The Morgan fingerprint density at radius 1 is 1.10 bits per heavy atom. The Morgan fingerprint density at radius 2 is 1.83 bits per heavy atom. The molecule has 0 saturated heterocycles. The second-order valence-electron chi connectivity index (χ2n) is 6.40. The lowest BCUT2D eigenvalue weighted by Crippen LogP contribution is -2.38. The number of guanidine groups is 1. The summed E-state index contributed by atoms with van der Waals surface area (Å²) in [7, 11) is 0. The summed E-state index contributed by atoms with van der Waals surface area (Å²) in [6.07, 6.45) is 1.80. The van der Waals surface area contributed by atoms with Gasteiger partial charge < -0.3 is 20.1 Å². The van der Waals surface area contributed by atoms with Crippen LogP contribution in [0, 0.1) is 6.92 Å². The number of aromatic nitrogens is 1. The maximum absolute atomic E-state index is 5.74. The van der Waals surface area contributed by atoms with E-state index in [2.05, 4.69) is 48.5 Å². The molecule has 29 heavy (non-hydrogen) atoms. The number of pyridine rings is 1. The number of benzene rings is 1. The predicted octanol–water partition coefficient (Wildman–Crippen LogP) is 4.62. The van der Waals surface area contributed by atoms with Gasteiger partial charge in [-0.25, -0.2) is 4.99 Å². The third-order valence-corrected chi connectivity index (χ3v) is 4.27. The molecule has 160 valence electrons. The zero-order valence-electron chi connectivity index (χ0n) is 18.0. The molecule has 7 heteroatoms. The lowest BCUT2D eigenvalue weighted by atomic mass is 10.1. The van der Waals surface area contributed by atoms with Crippen molar-refractivity contribution in [2.75, 3.05) is 19.8 Å². The minimum absolute atomic E-state index is 0. The molecule has 2 rings (SSSR count). The van der Waals surface area contributed by atoms with E-state index in [4.69, 9.17) is 14.5 Å². The number of aliphatic imine (C=N–C) groups is 1. The number of halogens is 1. The van der Waals surface area contributed by atoms with Crippen LogP contribution < -0.4 is 20.1 Å². The van der Waals surface area contributed by atoms with Crippen LogP contribution in [0.25, 0.3) is 0 Å². The van der Waals surface area contributed by atoms with Gasteiger partial charge in [-0.15, -0.1) is 24.0 Å². The average Bonchev–Trinajstić information content (AvgIpc) is 2.69. The molecule has 1 unspecified atom stereocenters. The van der Waals surface area contributed by atoms with Crippen molar-refractivity contribution >= 4 is 29.9 Å². The molecular weight excluding hydrogens is 479 g/mol. The standard InChI is InChI=1S/C22H32N4O2.HI/c1-6-23-22(25-15-19-16(4)10-9-13-24-19)26-17(5)18-11-12-20(27-7-2)21(14-18)28-8-3;/h9-14,17H,6-8,15H2,1-5H3,(H2,23,25,26);1H. The molecule has 0 aliphatic rings. The molecule has 1 aromatic heterocycles. The summed E-state index contributed by atoms with van der Waals surface area (Å²) in [6.45, 7) is 12.7. The first-order valence-corrected chi connectivity index (χ1v) is 9.93. The van der Waals surface area contributed by atoms with Crippen molar-refractivity contribution < 1.29 is 9.47 Å². The van der Waals surface area contributed by atoms with Crippen molar-refractivity contribution in [1.29, 1.82) is 0 Å². The summed E-state index contributed by atoms with van der Waals surface area (Å²) in [5, 5.41) is 6.76. The Hall–Kier alpha value is -2.03.